The number of halogens is 1. The number of nitrogens with zero attached hydrogens (tertiary/aromatic N) is 5. The Hall–Kier alpha value is -4.75. The molecule has 0 aliphatic heterocycles. The molecule has 0 bridgehead atoms. The van der Waals surface area contributed by atoms with E-state index >= 15 is 0 Å². The Morgan fingerprint density at radius 2 is 1.88 bits per heavy atom. The number of nitrogens with one attached hydrogen (secondary N) is 2. The zero-order valence-electron chi connectivity index (χ0n) is 23.4. The number of hydrazine groups is 1. The summed E-state index contributed by atoms with van der Waals surface area (Å²) in [4.78, 5) is 13.1. The van der Waals surface area contributed by atoms with Crippen LogP contribution in [0.5, 0.6) is 0 Å². The molecule has 1 aliphatic rings. The van der Waals surface area contributed by atoms with E-state index < -0.39 is 6.04 Å². The molecule has 41 heavy (non-hydrogen) atoms. The van der Waals surface area contributed by atoms with Crippen LogP contribution in [0.15, 0.2) is 73.2 Å². The lowest BCUT2D eigenvalue weighted by molar-refractivity contribution is 0.378. The molecule has 9 nitrogen and oxygen atoms in total. The molecule has 10 heteroatoms. The zero-order chi connectivity index (χ0) is 29.1. The fourth-order valence-corrected chi connectivity index (χ4v) is 4.58. The number of anilines is 2. The summed E-state index contributed by atoms with van der Waals surface area (Å²) in [6, 6.07) is 12.1. The summed E-state index contributed by atoms with van der Waals surface area (Å²) in [6.07, 6.45) is 10.3. The van der Waals surface area contributed by atoms with Gasteiger partial charge in [-0.15, -0.1) is 0 Å². The van der Waals surface area contributed by atoms with Gasteiger partial charge in [-0.05, 0) is 48.1 Å². The van der Waals surface area contributed by atoms with Gasteiger partial charge in [0.05, 0.1) is 28.5 Å². The Kier molecular flexibility index (Phi) is 7.72. The Labute approximate surface area is 239 Å². The number of benzene rings is 2. The second-order valence-electron chi connectivity index (χ2n) is 11.6. The first-order valence-corrected chi connectivity index (χ1v) is 13.5. The first-order valence-electron chi connectivity index (χ1n) is 13.5. The van der Waals surface area contributed by atoms with Crippen LogP contribution in [-0.4, -0.2) is 32.5 Å². The van der Waals surface area contributed by atoms with Crippen LogP contribution in [0.3, 0.4) is 0 Å². The van der Waals surface area contributed by atoms with Gasteiger partial charge in [0, 0.05) is 59.6 Å². The molecule has 4 aromatic rings. The smallest absolute Gasteiger partial charge is 0.123 e. The average molecular weight is 552 g/mol. The van der Waals surface area contributed by atoms with Crippen LogP contribution < -0.4 is 22.2 Å². The molecule has 2 heterocycles. The van der Waals surface area contributed by atoms with Crippen LogP contribution in [0, 0.1) is 22.6 Å². The molecule has 0 amide bonds. The van der Waals surface area contributed by atoms with Crippen molar-refractivity contribution in [1.29, 1.82) is 5.26 Å². The molecular weight excluding hydrogens is 517 g/mol. The average Bonchev–Trinajstić information content (AvgIpc) is 3.80. The monoisotopic (exact) mass is 551 g/mol. The lowest BCUT2D eigenvalue weighted by Gasteiger charge is -2.25. The van der Waals surface area contributed by atoms with E-state index in [0.717, 1.165) is 34.9 Å². The fourth-order valence-electron chi connectivity index (χ4n) is 4.58. The van der Waals surface area contributed by atoms with Crippen molar-refractivity contribution in [3.8, 4) is 17.2 Å². The van der Waals surface area contributed by atoms with Crippen molar-refractivity contribution >= 4 is 22.3 Å². The van der Waals surface area contributed by atoms with Crippen molar-refractivity contribution < 1.29 is 4.39 Å². The molecule has 0 spiro atoms. The minimum Gasteiger partial charge on any atom is -0.399 e. The van der Waals surface area contributed by atoms with Crippen LogP contribution in [-0.2, 0) is 0 Å². The van der Waals surface area contributed by atoms with Crippen molar-refractivity contribution in [2.75, 3.05) is 17.2 Å². The maximum atomic E-state index is 13.8. The van der Waals surface area contributed by atoms with Gasteiger partial charge in [-0.3, -0.25) is 4.98 Å². The maximum Gasteiger partial charge on any atom is 0.123 e. The highest BCUT2D eigenvalue weighted by Crippen LogP contribution is 2.38. The predicted molar refractivity (Wildman–Crippen MR) is 160 cm³/mol. The molecule has 2 aromatic carbocycles. The molecule has 1 saturated carbocycles. The maximum absolute atomic E-state index is 13.8. The number of hydrogen-bond donors (Lipinski definition) is 4. The molecule has 6 N–H and O–H groups in total. The molecule has 0 saturated heterocycles. The third-order valence-electron chi connectivity index (χ3n) is 6.87. The largest absolute Gasteiger partial charge is 0.399 e. The summed E-state index contributed by atoms with van der Waals surface area (Å²) in [6.45, 7) is 7.02. The van der Waals surface area contributed by atoms with E-state index in [1.807, 2.05) is 12.1 Å². The summed E-state index contributed by atoms with van der Waals surface area (Å²) < 4.78 is 13.8. The minimum atomic E-state index is -0.518. The van der Waals surface area contributed by atoms with Crippen molar-refractivity contribution in [2.24, 2.45) is 17.0 Å². The van der Waals surface area contributed by atoms with E-state index in [0.29, 0.717) is 34.7 Å². The van der Waals surface area contributed by atoms with E-state index in [-0.39, 0.29) is 17.3 Å². The molecule has 1 unspecified atom stereocenters. The molecule has 1 fully saturated rings. The Bertz CT molecular complexity index is 1600. The standard InChI is InChI=1S/C31H34FN9/c1-31(2,3)17-39-28-20(12-33)15-38-30-25(21-13-36-18-37-14-21)10-23(11-26(28)30)40-29(19-4-6-22(32)7-5-19)27(34)16-41(35)24-8-9-24/h4-7,10-11,13-16,18,24,29,40H,8-9,17,34-35H2,1-3H3,(H,38,39)/b27-16-. The van der Waals surface area contributed by atoms with E-state index in [1.165, 1.54) is 18.5 Å². The van der Waals surface area contributed by atoms with Crippen molar-refractivity contribution in [3.05, 3.63) is 90.2 Å². The molecule has 2 aromatic heterocycles. The third kappa shape index (κ3) is 6.53. The number of aromatic nitrogens is 3. The topological polar surface area (TPSA) is 142 Å². The Morgan fingerprint density at radius 1 is 1.17 bits per heavy atom. The highest BCUT2D eigenvalue weighted by atomic mass is 19.1. The summed E-state index contributed by atoms with van der Waals surface area (Å²) in [5.74, 6) is 5.90. The highest BCUT2D eigenvalue weighted by molar-refractivity contribution is 6.04. The molecule has 5 rings (SSSR count). The van der Waals surface area contributed by atoms with Crippen LogP contribution in [0.4, 0.5) is 15.8 Å². The van der Waals surface area contributed by atoms with E-state index in [4.69, 9.17) is 11.6 Å². The van der Waals surface area contributed by atoms with Crippen molar-refractivity contribution in [2.45, 2.75) is 45.7 Å². The SMILES string of the molecule is CC(C)(C)CNc1c(C#N)cnc2c(-c3cncnc3)cc(NC(/C(N)=C/N(N)C3CC3)c3ccc(F)cc3)cc12. The van der Waals surface area contributed by atoms with Gasteiger partial charge in [-0.1, -0.05) is 32.9 Å². The fraction of sp³-hybridized carbons (Fsp3) is 0.290. The Balaban J connectivity index is 1.67. The van der Waals surface area contributed by atoms with E-state index in [9.17, 15) is 9.65 Å². The number of nitriles is 1. The molecule has 1 aliphatic carbocycles. The van der Waals surface area contributed by atoms with Crippen molar-refractivity contribution in [1.82, 2.24) is 20.0 Å². The van der Waals surface area contributed by atoms with E-state index in [2.05, 4.69) is 52.4 Å². The second kappa shape index (κ2) is 11.4. The van der Waals surface area contributed by atoms with Gasteiger partial charge in [0.15, 0.2) is 0 Å². The van der Waals surface area contributed by atoms with Gasteiger partial charge in [0.25, 0.3) is 0 Å². The summed E-state index contributed by atoms with van der Waals surface area (Å²) in [7, 11) is 0. The normalized spacial score (nSPS) is 14.4. The summed E-state index contributed by atoms with van der Waals surface area (Å²) >= 11 is 0. The quantitative estimate of drug-likeness (QED) is 0.158. The number of nitrogens with two attached hydrogens (primary N) is 2. The first kappa shape index (κ1) is 27.8. The molecule has 210 valence electrons. The van der Waals surface area contributed by atoms with Gasteiger partial charge in [-0.25, -0.2) is 20.2 Å². The van der Waals surface area contributed by atoms with Gasteiger partial charge < -0.3 is 21.4 Å². The minimum absolute atomic E-state index is 0.0309. The number of hydrogen-bond acceptors (Lipinski definition) is 9. The summed E-state index contributed by atoms with van der Waals surface area (Å²) in [5, 5.41) is 19.4. The second-order valence-corrected chi connectivity index (χ2v) is 11.6. The highest BCUT2D eigenvalue weighted by Gasteiger charge is 2.27. The van der Waals surface area contributed by atoms with Crippen LogP contribution >= 0.6 is 0 Å². The van der Waals surface area contributed by atoms with Gasteiger partial charge >= 0.3 is 0 Å². The van der Waals surface area contributed by atoms with Crippen LogP contribution in [0.2, 0.25) is 0 Å². The number of pyridine rings is 1. The van der Waals surface area contributed by atoms with Gasteiger partial charge in [0.1, 0.15) is 18.2 Å². The van der Waals surface area contributed by atoms with E-state index in [1.54, 1.807) is 41.9 Å². The van der Waals surface area contributed by atoms with Gasteiger partial charge in [-0.2, -0.15) is 5.26 Å². The first-order chi connectivity index (χ1) is 19.6. The van der Waals surface area contributed by atoms with Gasteiger partial charge in [0.2, 0.25) is 0 Å². The zero-order valence-corrected chi connectivity index (χ0v) is 23.4. The van der Waals surface area contributed by atoms with Crippen LogP contribution in [0.1, 0.15) is 50.8 Å². The van der Waals surface area contributed by atoms with Crippen molar-refractivity contribution in [3.63, 3.8) is 0 Å². The number of rotatable bonds is 9. The summed E-state index contributed by atoms with van der Waals surface area (Å²) in [5.41, 5.74) is 11.9. The molecular formula is C31H34FN9. The lowest BCUT2D eigenvalue weighted by atomic mass is 9.95. The third-order valence-corrected chi connectivity index (χ3v) is 6.87. The molecule has 0 radical (unpaired) electrons. The Morgan fingerprint density at radius 3 is 2.51 bits per heavy atom. The van der Waals surface area contributed by atoms with Crippen LogP contribution in [0.25, 0.3) is 22.0 Å². The number of fused-ring (bicyclic) bond motifs is 1. The lowest BCUT2D eigenvalue weighted by Crippen LogP contribution is -2.30. The predicted octanol–water partition coefficient (Wildman–Crippen LogP) is 5.45. The molecule has 1 atom stereocenters.